The zero-order chi connectivity index (χ0) is 28.9. The van der Waals surface area contributed by atoms with Crippen LogP contribution in [0, 0.1) is 34.5 Å². The predicted molar refractivity (Wildman–Crippen MR) is 142 cm³/mol. The Balaban J connectivity index is 1.29. The Kier molecular flexibility index (Phi) is 7.70. The molecule has 1 aliphatic heterocycles. The molecule has 1 heterocycles. The summed E-state index contributed by atoms with van der Waals surface area (Å²) >= 11 is 0. The number of alkyl carbamates (subject to hydrolysis) is 1. The molecule has 40 heavy (non-hydrogen) atoms. The van der Waals surface area contributed by atoms with Crippen LogP contribution in [0.4, 0.5) is 4.79 Å². The second-order valence-corrected chi connectivity index (χ2v) is 13.3. The number of hydrogen-bond acceptors (Lipinski definition) is 8. The lowest BCUT2D eigenvalue weighted by Crippen LogP contribution is -2.62. The highest BCUT2D eigenvalue weighted by Gasteiger charge is 2.71. The number of hydrogen-bond donors (Lipinski definition) is 3. The molecule has 10 nitrogen and oxygen atoms in total. The van der Waals surface area contributed by atoms with Crippen molar-refractivity contribution in [2.45, 2.75) is 103 Å². The van der Waals surface area contributed by atoms with Crippen LogP contribution < -0.4 is 5.32 Å². The lowest BCUT2D eigenvalue weighted by atomic mass is 9.43. The van der Waals surface area contributed by atoms with Crippen molar-refractivity contribution < 1.29 is 43.6 Å². The average molecular weight is 562 g/mol. The first kappa shape index (κ1) is 28.9. The van der Waals surface area contributed by atoms with Gasteiger partial charge in [-0.25, -0.2) is 9.59 Å². The number of carbonyl (C=O) groups is 4. The van der Waals surface area contributed by atoms with E-state index in [2.05, 4.69) is 19.2 Å². The number of esters is 2. The van der Waals surface area contributed by atoms with Crippen LogP contribution in [0.2, 0.25) is 0 Å². The van der Waals surface area contributed by atoms with Crippen LogP contribution >= 0.6 is 0 Å². The Hall–Kier alpha value is -2.62. The molecule has 0 bridgehead atoms. The van der Waals surface area contributed by atoms with Crippen molar-refractivity contribution in [1.29, 1.82) is 0 Å². The molecule has 1 amide bonds. The standard InChI is InChI=1S/C30H43NO9/c1-17(32)39-23-15-30(37)22-7-6-19-14-20(40-27(36)31-12-4-5-24(33)34)8-10-28(19,2)21(22)9-11-29(30,3)26(23)18-13-25(35)38-16-18/h13,19-23,26,37H,4-12,14-16H2,1-3H3,(H,31,36)(H,33,34)/t19-,20+,21+,22-,23+,26+,28+,29-,30+/m1/s1. The Morgan fingerprint density at radius 2 is 1.88 bits per heavy atom. The van der Waals surface area contributed by atoms with Crippen molar-refractivity contribution in [1.82, 2.24) is 5.32 Å². The number of aliphatic carboxylic acids is 1. The molecule has 4 aliphatic carbocycles. The predicted octanol–water partition coefficient (Wildman–Crippen LogP) is 3.74. The third-order valence-corrected chi connectivity index (χ3v) is 11.3. The molecule has 9 atom stereocenters. The lowest BCUT2D eigenvalue weighted by molar-refractivity contribution is -0.208. The summed E-state index contributed by atoms with van der Waals surface area (Å²) in [5.74, 6) is -1.22. The maximum absolute atomic E-state index is 12.6. The van der Waals surface area contributed by atoms with Crippen molar-refractivity contribution in [3.8, 4) is 0 Å². The van der Waals surface area contributed by atoms with Crippen LogP contribution in [-0.2, 0) is 28.6 Å². The second kappa shape index (κ2) is 10.7. The van der Waals surface area contributed by atoms with E-state index in [1.165, 1.54) is 13.0 Å². The molecule has 0 radical (unpaired) electrons. The molecule has 5 aliphatic rings. The van der Waals surface area contributed by atoms with Gasteiger partial charge in [0.2, 0.25) is 0 Å². The zero-order valence-electron chi connectivity index (χ0n) is 23.8. The summed E-state index contributed by atoms with van der Waals surface area (Å²) in [7, 11) is 0. The van der Waals surface area contributed by atoms with Crippen molar-refractivity contribution in [3.63, 3.8) is 0 Å². The fourth-order valence-corrected chi connectivity index (χ4v) is 9.47. The summed E-state index contributed by atoms with van der Waals surface area (Å²) in [4.78, 5) is 47.0. The third-order valence-electron chi connectivity index (χ3n) is 11.3. The van der Waals surface area contributed by atoms with Crippen molar-refractivity contribution in [2.75, 3.05) is 13.2 Å². The lowest BCUT2D eigenvalue weighted by Gasteiger charge is -2.63. The summed E-state index contributed by atoms with van der Waals surface area (Å²) in [6.45, 7) is 6.28. The average Bonchev–Trinajstić information content (AvgIpc) is 3.38. The van der Waals surface area contributed by atoms with Gasteiger partial charge in [-0.15, -0.1) is 0 Å². The second-order valence-electron chi connectivity index (χ2n) is 13.3. The highest BCUT2D eigenvalue weighted by atomic mass is 16.6. The number of cyclic esters (lactones) is 1. The first-order valence-corrected chi connectivity index (χ1v) is 14.8. The van der Waals surface area contributed by atoms with Gasteiger partial charge in [0.25, 0.3) is 0 Å². The number of amides is 1. The van der Waals surface area contributed by atoms with Crippen molar-refractivity contribution in [3.05, 3.63) is 11.6 Å². The highest BCUT2D eigenvalue weighted by Crippen LogP contribution is 2.70. The molecule has 3 N–H and O–H groups in total. The van der Waals surface area contributed by atoms with Crippen LogP contribution in [0.15, 0.2) is 11.6 Å². The van der Waals surface area contributed by atoms with Crippen molar-refractivity contribution in [2.24, 2.45) is 34.5 Å². The summed E-state index contributed by atoms with van der Waals surface area (Å²) in [5.41, 5.74) is -0.772. The van der Waals surface area contributed by atoms with E-state index in [4.69, 9.17) is 19.3 Å². The van der Waals surface area contributed by atoms with Crippen LogP contribution in [0.5, 0.6) is 0 Å². The molecule has 10 heteroatoms. The first-order chi connectivity index (χ1) is 18.9. The number of carboxylic acid groups (broad SMARTS) is 1. The first-order valence-electron chi connectivity index (χ1n) is 14.8. The molecule has 0 aromatic carbocycles. The summed E-state index contributed by atoms with van der Waals surface area (Å²) < 4.78 is 16.8. The van der Waals surface area contributed by atoms with E-state index in [0.717, 1.165) is 50.5 Å². The molecular formula is C30H43NO9. The molecule has 4 fully saturated rings. The van der Waals surface area contributed by atoms with Crippen LogP contribution in [-0.4, -0.2) is 65.2 Å². The monoisotopic (exact) mass is 561 g/mol. The molecule has 222 valence electrons. The highest BCUT2D eigenvalue weighted by molar-refractivity contribution is 5.85. The number of ether oxygens (including phenoxy) is 3. The van der Waals surface area contributed by atoms with Gasteiger partial charge < -0.3 is 29.7 Å². The maximum atomic E-state index is 12.6. The smallest absolute Gasteiger partial charge is 0.407 e. The number of rotatable bonds is 7. The number of carboxylic acids is 1. The summed E-state index contributed by atoms with van der Waals surface area (Å²) in [6.07, 6.45) is 6.96. The minimum atomic E-state index is -1.04. The number of fused-ring (bicyclic) bond motifs is 5. The van der Waals surface area contributed by atoms with E-state index in [1.54, 1.807) is 0 Å². The quantitative estimate of drug-likeness (QED) is 0.240. The molecule has 0 aromatic heterocycles. The number of carbonyl (C=O) groups excluding carboxylic acids is 3. The van der Waals surface area contributed by atoms with Crippen molar-refractivity contribution >= 4 is 24.0 Å². The van der Waals surface area contributed by atoms with Gasteiger partial charge in [0.1, 0.15) is 18.8 Å². The fraction of sp³-hybridized carbons (Fsp3) is 0.800. The van der Waals surface area contributed by atoms with Gasteiger partial charge in [-0.1, -0.05) is 13.8 Å². The zero-order valence-corrected chi connectivity index (χ0v) is 23.8. The summed E-state index contributed by atoms with van der Waals surface area (Å²) in [6, 6.07) is 0. The van der Waals surface area contributed by atoms with Crippen LogP contribution in [0.25, 0.3) is 0 Å². The Labute approximate surface area is 235 Å². The van der Waals surface area contributed by atoms with Gasteiger partial charge in [-0.3, -0.25) is 9.59 Å². The molecular weight excluding hydrogens is 518 g/mol. The van der Waals surface area contributed by atoms with E-state index in [0.29, 0.717) is 24.7 Å². The minimum Gasteiger partial charge on any atom is -0.481 e. The van der Waals surface area contributed by atoms with E-state index in [-0.39, 0.29) is 54.9 Å². The number of nitrogens with one attached hydrogen (secondary N) is 1. The Bertz CT molecular complexity index is 1090. The topological polar surface area (TPSA) is 148 Å². The molecule has 4 saturated carbocycles. The Morgan fingerprint density at radius 3 is 2.55 bits per heavy atom. The molecule has 0 spiro atoms. The van der Waals surface area contributed by atoms with Crippen LogP contribution in [0.3, 0.4) is 0 Å². The van der Waals surface area contributed by atoms with Gasteiger partial charge in [0.15, 0.2) is 0 Å². The molecule has 0 saturated heterocycles. The van der Waals surface area contributed by atoms with E-state index in [9.17, 15) is 24.3 Å². The number of aliphatic hydroxyl groups is 1. The molecule has 0 unspecified atom stereocenters. The van der Waals surface area contributed by atoms with E-state index < -0.39 is 29.2 Å². The SMILES string of the molecule is CC(=O)O[C@H]1C[C@]2(O)[C@@H]3CC[C@@H]4C[C@@H](OC(=O)NCCCC(=O)O)CC[C@]4(C)[C@H]3CC[C@]2(C)[C@H]1C1=CC(=O)OC1. The summed E-state index contributed by atoms with van der Waals surface area (Å²) in [5, 5.41) is 24.0. The van der Waals surface area contributed by atoms with E-state index in [1.807, 2.05) is 0 Å². The normalized spacial score (nSPS) is 42.0. The third kappa shape index (κ3) is 4.90. The largest absolute Gasteiger partial charge is 0.481 e. The molecule has 5 rings (SSSR count). The molecule has 0 aromatic rings. The minimum absolute atomic E-state index is 0.00147. The van der Waals surface area contributed by atoms with E-state index >= 15 is 0 Å². The maximum Gasteiger partial charge on any atom is 0.407 e. The van der Waals surface area contributed by atoms with Gasteiger partial charge in [-0.2, -0.15) is 0 Å². The van der Waals surface area contributed by atoms with Gasteiger partial charge in [0.05, 0.1) is 5.60 Å². The van der Waals surface area contributed by atoms with Gasteiger partial charge in [0, 0.05) is 43.7 Å². The Morgan fingerprint density at radius 1 is 1.10 bits per heavy atom. The fourth-order valence-electron chi connectivity index (χ4n) is 9.47. The van der Waals surface area contributed by atoms with Gasteiger partial charge in [-0.05, 0) is 80.1 Å². The van der Waals surface area contributed by atoms with Gasteiger partial charge >= 0.3 is 24.0 Å². The van der Waals surface area contributed by atoms with Crippen LogP contribution in [0.1, 0.15) is 85.0 Å².